The topological polar surface area (TPSA) is 35.2 Å². The quantitative estimate of drug-likeness (QED) is 0.694. The van der Waals surface area contributed by atoms with Crippen LogP contribution in [0.25, 0.3) is 11.1 Å². The van der Waals surface area contributed by atoms with E-state index in [1.165, 1.54) is 6.07 Å². The first-order valence-electron chi connectivity index (χ1n) is 6.61. The standard InChI is InChI=1S/C18H14FNO/c19-16-8-4-5-9-17(16)21-18-12-14(20)10-11-15(18)13-6-2-1-3-7-13/h1-12H,20H2. The molecule has 0 saturated heterocycles. The molecule has 0 aromatic heterocycles. The van der Waals surface area contributed by atoms with Gasteiger partial charge in [0.05, 0.1) is 0 Å². The highest BCUT2D eigenvalue weighted by Crippen LogP contribution is 2.35. The second-order valence-electron chi connectivity index (χ2n) is 4.65. The van der Waals surface area contributed by atoms with Crippen molar-refractivity contribution in [1.29, 1.82) is 0 Å². The summed E-state index contributed by atoms with van der Waals surface area (Å²) in [7, 11) is 0. The summed E-state index contributed by atoms with van der Waals surface area (Å²) in [6.45, 7) is 0. The van der Waals surface area contributed by atoms with Crippen molar-refractivity contribution in [2.75, 3.05) is 5.73 Å². The van der Waals surface area contributed by atoms with Crippen LogP contribution in [0, 0.1) is 5.82 Å². The number of halogens is 1. The van der Waals surface area contributed by atoms with Crippen molar-refractivity contribution in [2.24, 2.45) is 0 Å². The maximum absolute atomic E-state index is 13.8. The minimum absolute atomic E-state index is 0.181. The van der Waals surface area contributed by atoms with E-state index in [0.717, 1.165) is 11.1 Å². The Morgan fingerprint density at radius 2 is 1.48 bits per heavy atom. The van der Waals surface area contributed by atoms with Gasteiger partial charge >= 0.3 is 0 Å². The van der Waals surface area contributed by atoms with Crippen molar-refractivity contribution in [3.63, 3.8) is 0 Å². The van der Waals surface area contributed by atoms with Crippen LogP contribution in [0.1, 0.15) is 0 Å². The molecule has 3 aromatic carbocycles. The van der Waals surface area contributed by atoms with Crippen LogP contribution in [-0.2, 0) is 0 Å². The van der Waals surface area contributed by atoms with Crippen molar-refractivity contribution < 1.29 is 9.13 Å². The van der Waals surface area contributed by atoms with E-state index in [9.17, 15) is 4.39 Å². The summed E-state index contributed by atoms with van der Waals surface area (Å²) in [5, 5.41) is 0. The van der Waals surface area contributed by atoms with Gasteiger partial charge in [-0.15, -0.1) is 0 Å². The van der Waals surface area contributed by atoms with Crippen LogP contribution in [0.5, 0.6) is 11.5 Å². The molecule has 0 bridgehead atoms. The number of nitrogen functional groups attached to an aromatic ring is 1. The minimum Gasteiger partial charge on any atom is -0.454 e. The van der Waals surface area contributed by atoms with Crippen LogP contribution in [0.4, 0.5) is 10.1 Å². The molecule has 2 N–H and O–H groups in total. The van der Waals surface area contributed by atoms with Gasteiger partial charge in [0.15, 0.2) is 11.6 Å². The molecule has 0 atom stereocenters. The fourth-order valence-corrected chi connectivity index (χ4v) is 2.13. The van der Waals surface area contributed by atoms with Crippen molar-refractivity contribution in [3.8, 4) is 22.6 Å². The van der Waals surface area contributed by atoms with Gasteiger partial charge in [0.2, 0.25) is 0 Å². The van der Waals surface area contributed by atoms with Gasteiger partial charge in [-0.1, -0.05) is 42.5 Å². The normalized spacial score (nSPS) is 10.3. The molecule has 3 aromatic rings. The van der Waals surface area contributed by atoms with Crippen LogP contribution < -0.4 is 10.5 Å². The molecule has 0 aliphatic carbocycles. The Kier molecular flexibility index (Phi) is 3.56. The van der Waals surface area contributed by atoms with Gasteiger partial charge in [-0.3, -0.25) is 0 Å². The summed E-state index contributed by atoms with van der Waals surface area (Å²) in [5.74, 6) is 0.311. The molecule has 2 nitrogen and oxygen atoms in total. The predicted octanol–water partition coefficient (Wildman–Crippen LogP) is 4.87. The van der Waals surface area contributed by atoms with Crippen molar-refractivity contribution in [1.82, 2.24) is 0 Å². The lowest BCUT2D eigenvalue weighted by molar-refractivity contribution is 0.444. The van der Waals surface area contributed by atoms with E-state index in [1.54, 1.807) is 30.3 Å². The summed E-state index contributed by atoms with van der Waals surface area (Å²) in [4.78, 5) is 0. The molecular weight excluding hydrogens is 265 g/mol. The van der Waals surface area contributed by atoms with Gasteiger partial charge in [0.25, 0.3) is 0 Å². The van der Waals surface area contributed by atoms with Gasteiger partial charge in [-0.05, 0) is 29.8 Å². The molecule has 0 aliphatic rings. The highest BCUT2D eigenvalue weighted by Gasteiger charge is 2.10. The third-order valence-corrected chi connectivity index (χ3v) is 3.15. The Balaban J connectivity index is 2.06. The molecule has 21 heavy (non-hydrogen) atoms. The maximum atomic E-state index is 13.8. The number of benzene rings is 3. The summed E-state index contributed by atoms with van der Waals surface area (Å²) >= 11 is 0. The smallest absolute Gasteiger partial charge is 0.165 e. The van der Waals surface area contributed by atoms with Crippen molar-refractivity contribution >= 4 is 5.69 Å². The molecule has 3 heteroatoms. The highest BCUT2D eigenvalue weighted by molar-refractivity contribution is 5.73. The third-order valence-electron chi connectivity index (χ3n) is 3.15. The van der Waals surface area contributed by atoms with Crippen LogP contribution in [0.15, 0.2) is 72.8 Å². The Labute approximate surface area is 122 Å². The summed E-state index contributed by atoms with van der Waals surface area (Å²) in [6.07, 6.45) is 0. The SMILES string of the molecule is Nc1ccc(-c2ccccc2)c(Oc2ccccc2F)c1. The first-order valence-corrected chi connectivity index (χ1v) is 6.61. The average Bonchev–Trinajstić information content (AvgIpc) is 2.51. The Morgan fingerprint density at radius 1 is 0.762 bits per heavy atom. The number of ether oxygens (including phenoxy) is 1. The number of rotatable bonds is 3. The molecule has 0 amide bonds. The zero-order valence-electron chi connectivity index (χ0n) is 11.3. The van der Waals surface area contributed by atoms with Crippen molar-refractivity contribution in [2.45, 2.75) is 0 Å². The molecule has 104 valence electrons. The Morgan fingerprint density at radius 3 is 2.24 bits per heavy atom. The van der Waals surface area contributed by atoms with E-state index in [4.69, 9.17) is 10.5 Å². The van der Waals surface area contributed by atoms with E-state index in [1.807, 2.05) is 36.4 Å². The zero-order valence-corrected chi connectivity index (χ0v) is 11.3. The summed E-state index contributed by atoms with van der Waals surface area (Å²) < 4.78 is 19.5. The lowest BCUT2D eigenvalue weighted by Crippen LogP contribution is -1.93. The summed E-state index contributed by atoms with van der Waals surface area (Å²) in [6, 6.07) is 21.5. The molecule has 0 unspecified atom stereocenters. The monoisotopic (exact) mass is 279 g/mol. The third kappa shape index (κ3) is 2.87. The Hall–Kier alpha value is -2.81. The second-order valence-corrected chi connectivity index (χ2v) is 4.65. The lowest BCUT2D eigenvalue weighted by atomic mass is 10.0. The number of hydrogen-bond donors (Lipinski definition) is 1. The van der Waals surface area contributed by atoms with Crippen LogP contribution in [0.3, 0.4) is 0 Å². The van der Waals surface area contributed by atoms with Crippen LogP contribution in [-0.4, -0.2) is 0 Å². The number of anilines is 1. The molecule has 3 rings (SSSR count). The molecular formula is C18H14FNO. The summed E-state index contributed by atoms with van der Waals surface area (Å²) in [5.41, 5.74) is 8.25. The fraction of sp³-hybridized carbons (Fsp3) is 0. The Bertz CT molecular complexity index is 756. The molecule has 0 heterocycles. The van der Waals surface area contributed by atoms with Crippen molar-refractivity contribution in [3.05, 3.63) is 78.6 Å². The van der Waals surface area contributed by atoms with E-state index < -0.39 is 5.82 Å². The van der Waals surface area contributed by atoms with Crippen LogP contribution >= 0.6 is 0 Å². The van der Waals surface area contributed by atoms with Gasteiger partial charge in [0, 0.05) is 17.3 Å². The van der Waals surface area contributed by atoms with Gasteiger partial charge in [0.1, 0.15) is 5.75 Å². The number of para-hydroxylation sites is 1. The van der Waals surface area contributed by atoms with Gasteiger partial charge in [-0.2, -0.15) is 0 Å². The number of nitrogens with two attached hydrogens (primary N) is 1. The van der Waals surface area contributed by atoms with Crippen LogP contribution in [0.2, 0.25) is 0 Å². The number of hydrogen-bond acceptors (Lipinski definition) is 2. The fourth-order valence-electron chi connectivity index (χ4n) is 2.13. The first-order chi connectivity index (χ1) is 10.2. The molecule has 0 fully saturated rings. The first kappa shape index (κ1) is 13.2. The maximum Gasteiger partial charge on any atom is 0.165 e. The predicted molar refractivity (Wildman–Crippen MR) is 82.8 cm³/mol. The molecule has 0 radical (unpaired) electrons. The van der Waals surface area contributed by atoms with E-state index >= 15 is 0 Å². The zero-order chi connectivity index (χ0) is 14.7. The largest absolute Gasteiger partial charge is 0.454 e. The van der Waals surface area contributed by atoms with E-state index in [2.05, 4.69) is 0 Å². The molecule has 0 aliphatic heterocycles. The van der Waals surface area contributed by atoms with Gasteiger partial charge < -0.3 is 10.5 Å². The highest BCUT2D eigenvalue weighted by atomic mass is 19.1. The molecule has 0 saturated carbocycles. The lowest BCUT2D eigenvalue weighted by Gasteiger charge is -2.12. The average molecular weight is 279 g/mol. The minimum atomic E-state index is -0.404. The van der Waals surface area contributed by atoms with E-state index in [-0.39, 0.29) is 5.75 Å². The van der Waals surface area contributed by atoms with E-state index in [0.29, 0.717) is 11.4 Å². The second kappa shape index (κ2) is 5.67. The van der Waals surface area contributed by atoms with Gasteiger partial charge in [-0.25, -0.2) is 4.39 Å². The molecule has 0 spiro atoms.